The molecule has 1 saturated heterocycles. The Morgan fingerprint density at radius 2 is 2.03 bits per heavy atom. The number of carbonyl (C=O) groups excluding carboxylic acids is 1. The van der Waals surface area contributed by atoms with Crippen molar-refractivity contribution >= 4 is 11.7 Å². The van der Waals surface area contributed by atoms with E-state index < -0.39 is 0 Å². The van der Waals surface area contributed by atoms with Gasteiger partial charge in [-0.3, -0.25) is 0 Å². The molecule has 3 atom stereocenters. The highest BCUT2D eigenvalue weighted by atomic mass is 16.3. The number of hydrogen-bond acceptors (Lipinski definition) is 4. The maximum absolute atomic E-state index is 13.1. The number of aromatic hydroxyl groups is 1. The molecule has 0 saturated carbocycles. The third-order valence-corrected chi connectivity index (χ3v) is 6.71. The molecule has 150 valence electrons. The number of phenols is 1. The van der Waals surface area contributed by atoms with Gasteiger partial charge in [-0.15, -0.1) is 0 Å². The number of phenolic OH excluding ortho intramolecular Hbond substituents is 1. The highest BCUT2D eigenvalue weighted by molar-refractivity contribution is 5.89. The molecule has 29 heavy (non-hydrogen) atoms. The number of amides is 2. The molecule has 0 radical (unpaired) electrons. The minimum absolute atomic E-state index is 0.0195. The Bertz CT molecular complexity index is 981. The number of urea groups is 1. The lowest BCUT2D eigenvalue weighted by Gasteiger charge is -2.57. The van der Waals surface area contributed by atoms with Crippen LogP contribution >= 0.6 is 0 Å². The molecular formula is C23H26N4O2. The zero-order chi connectivity index (χ0) is 20.8. The third kappa shape index (κ3) is 3.22. The van der Waals surface area contributed by atoms with Crippen LogP contribution < -0.4 is 5.32 Å². The minimum Gasteiger partial charge on any atom is -0.508 e. The van der Waals surface area contributed by atoms with E-state index in [2.05, 4.69) is 30.3 Å². The number of likely N-dealkylation sites (tertiary alicyclic amines) is 1. The maximum atomic E-state index is 13.1. The predicted molar refractivity (Wildman–Crippen MR) is 112 cm³/mol. The zero-order valence-electron chi connectivity index (χ0n) is 17.0. The number of rotatable bonds is 2. The molecule has 2 N–H and O–H groups in total. The van der Waals surface area contributed by atoms with E-state index in [1.54, 1.807) is 30.3 Å². The number of anilines is 1. The molecule has 2 aromatic carbocycles. The van der Waals surface area contributed by atoms with Crippen molar-refractivity contribution in [2.24, 2.45) is 0 Å². The van der Waals surface area contributed by atoms with Gasteiger partial charge in [0.1, 0.15) is 5.75 Å². The molecule has 1 aliphatic heterocycles. The van der Waals surface area contributed by atoms with Crippen LogP contribution in [0.5, 0.6) is 5.75 Å². The number of nitrogens with zero attached hydrogens (tertiary/aromatic N) is 3. The van der Waals surface area contributed by atoms with Crippen molar-refractivity contribution in [2.45, 2.75) is 37.3 Å². The predicted octanol–water partition coefficient (Wildman–Crippen LogP) is 3.31. The van der Waals surface area contributed by atoms with E-state index >= 15 is 0 Å². The highest BCUT2D eigenvalue weighted by Gasteiger charge is 2.52. The summed E-state index contributed by atoms with van der Waals surface area (Å²) in [5.41, 5.74) is 3.38. The molecule has 1 aliphatic carbocycles. The smallest absolute Gasteiger partial charge is 0.321 e. The van der Waals surface area contributed by atoms with E-state index in [-0.39, 0.29) is 29.3 Å². The lowest BCUT2D eigenvalue weighted by Crippen LogP contribution is -2.67. The SMILES string of the molecule is CN1CC[C@@]2(C)c3cc(O)ccc3C[C@@H]1[C@@H]2N(C)C(=O)Nc1ccc(C#N)cc1. The van der Waals surface area contributed by atoms with Crippen molar-refractivity contribution in [3.05, 3.63) is 59.2 Å². The van der Waals surface area contributed by atoms with Gasteiger partial charge >= 0.3 is 6.03 Å². The van der Waals surface area contributed by atoms with Gasteiger partial charge in [0.05, 0.1) is 17.7 Å². The average molecular weight is 390 g/mol. The van der Waals surface area contributed by atoms with Gasteiger partial charge in [-0.05, 0) is 74.0 Å². The van der Waals surface area contributed by atoms with Crippen LogP contribution in [0.1, 0.15) is 30.0 Å². The van der Waals surface area contributed by atoms with Crippen molar-refractivity contribution in [1.29, 1.82) is 5.26 Å². The Morgan fingerprint density at radius 1 is 1.31 bits per heavy atom. The van der Waals surface area contributed by atoms with Gasteiger partial charge in [0.25, 0.3) is 0 Å². The van der Waals surface area contributed by atoms with Gasteiger partial charge in [0.15, 0.2) is 0 Å². The van der Waals surface area contributed by atoms with Crippen LogP contribution in [0, 0.1) is 11.3 Å². The van der Waals surface area contributed by atoms with Crippen molar-refractivity contribution in [2.75, 3.05) is 26.0 Å². The number of hydrogen-bond donors (Lipinski definition) is 2. The Morgan fingerprint density at radius 3 is 2.72 bits per heavy atom. The standard InChI is InChI=1S/C23H26N4O2/c1-23-10-11-26(2)20(12-16-6-9-18(28)13-19(16)23)21(23)27(3)22(29)25-17-7-4-15(14-24)5-8-17/h4-9,13,20-21,28H,10-12H2,1-3H3,(H,25,29)/t20-,21+,23+/m1/s1. The van der Waals surface area contributed by atoms with Crippen molar-refractivity contribution < 1.29 is 9.90 Å². The number of nitrogens with one attached hydrogen (secondary N) is 1. The molecule has 1 heterocycles. The second kappa shape index (κ2) is 7.09. The van der Waals surface area contributed by atoms with E-state index in [9.17, 15) is 9.90 Å². The molecule has 6 nitrogen and oxygen atoms in total. The third-order valence-electron chi connectivity index (χ3n) is 6.71. The quantitative estimate of drug-likeness (QED) is 0.824. The van der Waals surface area contributed by atoms with Crippen LogP contribution in [0.2, 0.25) is 0 Å². The summed E-state index contributed by atoms with van der Waals surface area (Å²) < 4.78 is 0. The molecule has 6 heteroatoms. The minimum atomic E-state index is -0.236. The second-order valence-corrected chi connectivity index (χ2v) is 8.44. The summed E-state index contributed by atoms with van der Waals surface area (Å²) in [6, 6.07) is 14.6. The van der Waals surface area contributed by atoms with Crippen LogP contribution in [-0.4, -0.2) is 53.7 Å². The molecule has 1 fully saturated rings. The second-order valence-electron chi connectivity index (χ2n) is 8.44. The van der Waals surface area contributed by atoms with Gasteiger partial charge in [0.2, 0.25) is 0 Å². The summed E-state index contributed by atoms with van der Waals surface area (Å²) in [5.74, 6) is 0.269. The normalized spacial score (nSPS) is 25.6. The van der Waals surface area contributed by atoms with Gasteiger partial charge in [0, 0.05) is 24.2 Å². The topological polar surface area (TPSA) is 79.6 Å². The molecular weight excluding hydrogens is 364 g/mol. The van der Waals surface area contributed by atoms with E-state index in [0.29, 0.717) is 11.3 Å². The van der Waals surface area contributed by atoms with Gasteiger partial charge < -0.3 is 20.2 Å². The Hall–Kier alpha value is -3.04. The van der Waals surface area contributed by atoms with Crippen LogP contribution in [0.15, 0.2) is 42.5 Å². The summed E-state index contributed by atoms with van der Waals surface area (Å²) in [4.78, 5) is 17.3. The number of carbonyl (C=O) groups is 1. The molecule has 2 bridgehead atoms. The Kier molecular flexibility index (Phi) is 4.71. The molecule has 4 rings (SSSR count). The Labute approximate surface area is 171 Å². The van der Waals surface area contributed by atoms with E-state index in [4.69, 9.17) is 5.26 Å². The summed E-state index contributed by atoms with van der Waals surface area (Å²) >= 11 is 0. The van der Waals surface area contributed by atoms with Crippen molar-refractivity contribution in [3.63, 3.8) is 0 Å². The molecule has 2 aliphatic rings. The number of nitriles is 1. The summed E-state index contributed by atoms with van der Waals surface area (Å²) in [6.45, 7) is 3.17. The zero-order valence-corrected chi connectivity index (χ0v) is 17.0. The van der Waals surface area contributed by atoms with Crippen molar-refractivity contribution in [1.82, 2.24) is 9.80 Å². The Balaban J connectivity index is 1.65. The summed E-state index contributed by atoms with van der Waals surface area (Å²) in [5, 5.41) is 22.0. The highest BCUT2D eigenvalue weighted by Crippen LogP contribution is 2.47. The first-order chi connectivity index (χ1) is 13.8. The molecule has 2 aromatic rings. The van der Waals surface area contributed by atoms with E-state index in [1.165, 1.54) is 5.56 Å². The van der Waals surface area contributed by atoms with Gasteiger partial charge in [-0.1, -0.05) is 13.0 Å². The van der Waals surface area contributed by atoms with Crippen LogP contribution in [0.25, 0.3) is 0 Å². The first-order valence-corrected chi connectivity index (χ1v) is 9.90. The fourth-order valence-electron chi connectivity index (χ4n) is 5.10. The largest absolute Gasteiger partial charge is 0.508 e. The maximum Gasteiger partial charge on any atom is 0.321 e. The summed E-state index contributed by atoms with van der Waals surface area (Å²) in [7, 11) is 3.97. The fourth-order valence-corrected chi connectivity index (χ4v) is 5.10. The van der Waals surface area contributed by atoms with Crippen LogP contribution in [-0.2, 0) is 11.8 Å². The lowest BCUT2D eigenvalue weighted by atomic mass is 9.61. The monoisotopic (exact) mass is 390 g/mol. The lowest BCUT2D eigenvalue weighted by molar-refractivity contribution is 0.0213. The number of fused-ring (bicyclic) bond motifs is 4. The van der Waals surface area contributed by atoms with Gasteiger partial charge in [-0.2, -0.15) is 5.26 Å². The average Bonchev–Trinajstić information content (AvgIpc) is 2.71. The first kappa shape index (κ1) is 19.3. The van der Waals surface area contributed by atoms with Crippen LogP contribution in [0.4, 0.5) is 10.5 Å². The molecule has 2 amide bonds. The summed E-state index contributed by atoms with van der Waals surface area (Å²) in [6.07, 6.45) is 1.76. The van der Waals surface area contributed by atoms with E-state index in [1.807, 2.05) is 24.1 Å². The van der Waals surface area contributed by atoms with E-state index in [0.717, 1.165) is 24.9 Å². The molecule has 0 spiro atoms. The fraction of sp³-hybridized carbons (Fsp3) is 0.391. The molecule has 0 aromatic heterocycles. The number of likely N-dealkylation sites (N-methyl/N-ethyl adjacent to an activating group) is 2. The number of piperidine rings is 1. The van der Waals surface area contributed by atoms with Crippen LogP contribution in [0.3, 0.4) is 0 Å². The number of benzene rings is 2. The van der Waals surface area contributed by atoms with Gasteiger partial charge in [-0.25, -0.2) is 4.79 Å². The van der Waals surface area contributed by atoms with Crippen molar-refractivity contribution in [3.8, 4) is 11.8 Å². The first-order valence-electron chi connectivity index (χ1n) is 9.90. The molecule has 0 unspecified atom stereocenters.